The molecule has 8 nitrogen and oxygen atoms in total. The molecule has 1 aromatic heterocycles. The zero-order valence-electron chi connectivity index (χ0n) is 16.3. The summed E-state index contributed by atoms with van der Waals surface area (Å²) in [7, 11) is 0. The second-order valence-corrected chi connectivity index (χ2v) is 8.02. The highest BCUT2D eigenvalue weighted by molar-refractivity contribution is 7.21. The van der Waals surface area contributed by atoms with Gasteiger partial charge in [0.1, 0.15) is 5.01 Å². The Hall–Kier alpha value is -3.82. The van der Waals surface area contributed by atoms with Crippen molar-refractivity contribution in [2.75, 3.05) is 11.9 Å². The number of nitro benzene ring substituents is 1. The Balaban J connectivity index is 1.48. The van der Waals surface area contributed by atoms with Gasteiger partial charge in [-0.25, -0.2) is 9.78 Å². The summed E-state index contributed by atoms with van der Waals surface area (Å²) in [6.07, 6.45) is 0. The van der Waals surface area contributed by atoms with Crippen LogP contribution in [0.3, 0.4) is 0 Å². The summed E-state index contributed by atoms with van der Waals surface area (Å²) >= 11 is 7.42. The molecule has 0 spiro atoms. The quantitative estimate of drug-likeness (QED) is 0.233. The minimum atomic E-state index is -0.694. The number of esters is 1. The monoisotopic (exact) mass is 467 g/mol. The number of carbonyl (C=O) groups is 2. The summed E-state index contributed by atoms with van der Waals surface area (Å²) in [5.41, 5.74) is 1.51. The molecule has 3 aromatic carbocycles. The topological polar surface area (TPSA) is 111 Å². The third-order valence-electron chi connectivity index (χ3n) is 4.44. The number of hydrogen-bond donors (Lipinski definition) is 1. The minimum absolute atomic E-state index is 0.0526. The molecule has 4 rings (SSSR count). The number of thiazole rings is 1. The molecule has 0 saturated carbocycles. The summed E-state index contributed by atoms with van der Waals surface area (Å²) in [4.78, 5) is 39.8. The van der Waals surface area contributed by atoms with E-state index in [-0.39, 0.29) is 22.0 Å². The van der Waals surface area contributed by atoms with Crippen LogP contribution < -0.4 is 5.32 Å². The van der Waals surface area contributed by atoms with E-state index in [1.165, 1.54) is 23.5 Å². The van der Waals surface area contributed by atoms with Crippen LogP contribution in [0, 0.1) is 10.1 Å². The fourth-order valence-electron chi connectivity index (χ4n) is 2.95. The first kappa shape index (κ1) is 21.4. The van der Waals surface area contributed by atoms with Crippen LogP contribution in [0.25, 0.3) is 20.8 Å². The lowest BCUT2D eigenvalue weighted by atomic mass is 10.1. The molecular formula is C22H14ClN3O5S. The summed E-state index contributed by atoms with van der Waals surface area (Å²) in [6, 6.07) is 18.1. The van der Waals surface area contributed by atoms with Crippen molar-refractivity contribution in [3.8, 4) is 10.6 Å². The average molecular weight is 468 g/mol. The number of anilines is 1. The molecule has 0 bridgehead atoms. The number of non-ortho nitro benzene ring substituents is 1. The Kier molecular flexibility index (Phi) is 6.11. The summed E-state index contributed by atoms with van der Waals surface area (Å²) < 4.78 is 6.15. The van der Waals surface area contributed by atoms with Gasteiger partial charge in [-0.2, -0.15) is 0 Å². The molecule has 0 saturated heterocycles. The SMILES string of the molecule is O=C(COC(=O)c1ccccc1-c1nc2ccccc2s1)Nc1cc([N+](=O)[O-])ccc1Cl. The van der Waals surface area contributed by atoms with E-state index in [0.717, 1.165) is 16.3 Å². The summed E-state index contributed by atoms with van der Waals surface area (Å²) in [6.45, 7) is -0.591. The molecule has 1 amide bonds. The van der Waals surface area contributed by atoms with Gasteiger partial charge in [-0.3, -0.25) is 14.9 Å². The van der Waals surface area contributed by atoms with Crippen LogP contribution in [0.15, 0.2) is 66.7 Å². The van der Waals surface area contributed by atoms with Crippen LogP contribution in [0.5, 0.6) is 0 Å². The molecule has 0 atom stereocenters. The predicted octanol–water partition coefficient (Wildman–Crippen LogP) is 5.32. The molecule has 10 heteroatoms. The molecule has 4 aromatic rings. The van der Waals surface area contributed by atoms with Crippen LogP contribution in [-0.4, -0.2) is 28.4 Å². The van der Waals surface area contributed by atoms with Gasteiger partial charge in [0.2, 0.25) is 0 Å². The summed E-state index contributed by atoms with van der Waals surface area (Å²) in [5, 5.41) is 14.1. The van der Waals surface area contributed by atoms with Gasteiger partial charge < -0.3 is 10.1 Å². The van der Waals surface area contributed by atoms with E-state index in [2.05, 4.69) is 10.3 Å². The molecule has 1 heterocycles. The zero-order valence-corrected chi connectivity index (χ0v) is 17.9. The Morgan fingerprint density at radius 3 is 2.62 bits per heavy atom. The van der Waals surface area contributed by atoms with Crippen molar-refractivity contribution >= 4 is 56.4 Å². The minimum Gasteiger partial charge on any atom is -0.452 e. The normalized spacial score (nSPS) is 10.7. The number of rotatable bonds is 6. The number of carbonyl (C=O) groups excluding carboxylic acids is 2. The van der Waals surface area contributed by atoms with Gasteiger partial charge in [-0.15, -0.1) is 11.3 Å². The van der Waals surface area contributed by atoms with Crippen molar-refractivity contribution < 1.29 is 19.2 Å². The maximum Gasteiger partial charge on any atom is 0.339 e. The summed E-state index contributed by atoms with van der Waals surface area (Å²) in [5.74, 6) is -1.38. The van der Waals surface area contributed by atoms with E-state index in [0.29, 0.717) is 10.6 Å². The number of halogens is 1. The standard InChI is InChI=1S/C22H14ClN3O5S/c23-16-10-9-13(26(29)30)11-18(16)24-20(27)12-31-22(28)15-6-2-1-5-14(15)21-25-17-7-3-4-8-19(17)32-21/h1-11H,12H2,(H,24,27). The number of hydrogen-bond acceptors (Lipinski definition) is 7. The van der Waals surface area contributed by atoms with E-state index < -0.39 is 23.4 Å². The predicted molar refractivity (Wildman–Crippen MR) is 122 cm³/mol. The number of aromatic nitrogens is 1. The zero-order chi connectivity index (χ0) is 22.7. The van der Waals surface area contributed by atoms with Crippen LogP contribution >= 0.6 is 22.9 Å². The maximum absolute atomic E-state index is 12.7. The molecule has 0 fully saturated rings. The Morgan fingerprint density at radius 1 is 1.09 bits per heavy atom. The molecule has 0 unspecified atom stereocenters. The largest absolute Gasteiger partial charge is 0.452 e. The maximum atomic E-state index is 12.7. The molecule has 0 aliphatic heterocycles. The van der Waals surface area contributed by atoms with Gasteiger partial charge in [0, 0.05) is 17.7 Å². The van der Waals surface area contributed by atoms with E-state index in [1.807, 2.05) is 24.3 Å². The van der Waals surface area contributed by atoms with Crippen LogP contribution in [-0.2, 0) is 9.53 Å². The van der Waals surface area contributed by atoms with Gasteiger partial charge in [-0.05, 0) is 24.3 Å². The van der Waals surface area contributed by atoms with Crippen molar-refractivity contribution in [3.63, 3.8) is 0 Å². The molecule has 0 aliphatic rings. The molecular weight excluding hydrogens is 454 g/mol. The van der Waals surface area contributed by atoms with Crippen LogP contribution in [0.2, 0.25) is 5.02 Å². The lowest BCUT2D eigenvalue weighted by Crippen LogP contribution is -2.21. The number of amides is 1. The molecule has 160 valence electrons. The first-order chi connectivity index (χ1) is 15.4. The van der Waals surface area contributed by atoms with E-state index in [4.69, 9.17) is 16.3 Å². The van der Waals surface area contributed by atoms with Crippen LogP contribution in [0.4, 0.5) is 11.4 Å². The average Bonchev–Trinajstić information content (AvgIpc) is 3.23. The molecule has 32 heavy (non-hydrogen) atoms. The van der Waals surface area contributed by atoms with E-state index in [9.17, 15) is 19.7 Å². The number of benzene rings is 3. The van der Waals surface area contributed by atoms with E-state index >= 15 is 0 Å². The number of nitrogens with one attached hydrogen (secondary N) is 1. The van der Waals surface area contributed by atoms with Gasteiger partial charge in [0.25, 0.3) is 11.6 Å². The highest BCUT2D eigenvalue weighted by Gasteiger charge is 2.18. The second-order valence-electron chi connectivity index (χ2n) is 6.58. The Labute approximate surface area is 190 Å². The molecule has 0 radical (unpaired) electrons. The third kappa shape index (κ3) is 4.58. The second kappa shape index (κ2) is 9.13. The fraction of sp³-hybridized carbons (Fsp3) is 0.0455. The van der Waals surface area contributed by atoms with Gasteiger partial charge in [0.15, 0.2) is 6.61 Å². The Morgan fingerprint density at radius 2 is 1.84 bits per heavy atom. The fourth-order valence-corrected chi connectivity index (χ4v) is 4.12. The number of nitrogens with zero attached hydrogens (tertiary/aromatic N) is 2. The van der Waals surface area contributed by atoms with Crippen molar-refractivity contribution in [1.82, 2.24) is 4.98 Å². The van der Waals surface area contributed by atoms with Crippen molar-refractivity contribution in [2.45, 2.75) is 0 Å². The third-order valence-corrected chi connectivity index (χ3v) is 5.84. The van der Waals surface area contributed by atoms with Crippen LogP contribution in [0.1, 0.15) is 10.4 Å². The highest BCUT2D eigenvalue weighted by Crippen LogP contribution is 2.32. The molecule has 1 N–H and O–H groups in total. The van der Waals surface area contributed by atoms with Gasteiger partial charge in [-0.1, -0.05) is 41.9 Å². The number of nitro groups is 1. The van der Waals surface area contributed by atoms with Crippen molar-refractivity contribution in [2.24, 2.45) is 0 Å². The number of ether oxygens (including phenoxy) is 1. The smallest absolute Gasteiger partial charge is 0.339 e. The highest BCUT2D eigenvalue weighted by atomic mass is 35.5. The molecule has 0 aliphatic carbocycles. The first-order valence-electron chi connectivity index (χ1n) is 9.28. The Bertz CT molecular complexity index is 1320. The number of para-hydroxylation sites is 1. The lowest BCUT2D eigenvalue weighted by Gasteiger charge is -2.09. The van der Waals surface area contributed by atoms with Crippen molar-refractivity contribution in [1.29, 1.82) is 0 Å². The van der Waals surface area contributed by atoms with Gasteiger partial charge >= 0.3 is 5.97 Å². The first-order valence-corrected chi connectivity index (χ1v) is 10.5. The van der Waals surface area contributed by atoms with Crippen molar-refractivity contribution in [3.05, 3.63) is 87.4 Å². The van der Waals surface area contributed by atoms with Gasteiger partial charge in [0.05, 0.1) is 31.4 Å². The lowest BCUT2D eigenvalue weighted by molar-refractivity contribution is -0.384. The van der Waals surface area contributed by atoms with E-state index in [1.54, 1.807) is 24.3 Å². The number of fused-ring (bicyclic) bond motifs is 1.